The van der Waals surface area contributed by atoms with Crippen LogP contribution in [0.15, 0.2) is 41.3 Å². The fraction of sp³-hybridized carbons (Fsp3) is 0.286. The number of hydrogen-bond acceptors (Lipinski definition) is 4. The molecule has 0 saturated carbocycles. The van der Waals surface area contributed by atoms with E-state index in [-0.39, 0.29) is 5.60 Å². The van der Waals surface area contributed by atoms with E-state index in [0.717, 1.165) is 27.3 Å². The Morgan fingerprint density at radius 3 is 2.56 bits per heavy atom. The lowest BCUT2D eigenvalue weighted by molar-refractivity contribution is 0.0690. The molecule has 130 valence electrons. The van der Waals surface area contributed by atoms with Crippen molar-refractivity contribution in [1.29, 1.82) is 0 Å². The van der Waals surface area contributed by atoms with Gasteiger partial charge in [0.1, 0.15) is 17.5 Å². The van der Waals surface area contributed by atoms with Crippen molar-refractivity contribution in [2.24, 2.45) is 0 Å². The minimum Gasteiger partial charge on any atom is -0.486 e. The van der Waals surface area contributed by atoms with E-state index in [9.17, 15) is 4.79 Å². The first kappa shape index (κ1) is 19.0. The number of rotatable bonds is 4. The van der Waals surface area contributed by atoms with Gasteiger partial charge in [-0.15, -0.1) is 12.6 Å². The third kappa shape index (κ3) is 4.58. The average Bonchev–Trinajstić information content (AvgIpc) is 2.55. The maximum atomic E-state index is 12.0. The first-order chi connectivity index (χ1) is 11.8. The average molecular weight is 354 g/mol. The summed E-state index contributed by atoms with van der Waals surface area (Å²) in [4.78, 5) is 12.7. The Bertz CT molecular complexity index is 826. The molecule has 0 aliphatic rings. The standard InChI is InChI=1S/C21H22O3S/c1-6-14-13-15(11-12-17(14)20(22)23-7-2)16-9-8-10-18(25)19(16)24-21(3,4)5/h2,8-13,25H,6H2,1,3-5H3. The molecule has 2 aromatic rings. The number of ether oxygens (including phenoxy) is 2. The first-order valence-electron chi connectivity index (χ1n) is 8.08. The van der Waals surface area contributed by atoms with Crippen molar-refractivity contribution in [3.63, 3.8) is 0 Å². The lowest BCUT2D eigenvalue weighted by atomic mass is 9.97. The normalized spacial score (nSPS) is 10.9. The molecule has 0 atom stereocenters. The molecule has 25 heavy (non-hydrogen) atoms. The van der Waals surface area contributed by atoms with E-state index in [1.807, 2.05) is 64.1 Å². The molecule has 3 nitrogen and oxygen atoms in total. The molecule has 0 amide bonds. The van der Waals surface area contributed by atoms with Gasteiger partial charge in [-0.1, -0.05) is 37.6 Å². The van der Waals surface area contributed by atoms with Crippen molar-refractivity contribution in [3.8, 4) is 29.4 Å². The zero-order valence-electron chi connectivity index (χ0n) is 14.9. The van der Waals surface area contributed by atoms with Gasteiger partial charge in [-0.25, -0.2) is 4.79 Å². The number of hydrogen-bond donors (Lipinski definition) is 1. The number of carbonyl (C=O) groups is 1. The third-order valence-corrected chi connectivity index (χ3v) is 3.92. The number of thiol groups is 1. The van der Waals surface area contributed by atoms with Crippen molar-refractivity contribution < 1.29 is 14.3 Å². The highest BCUT2D eigenvalue weighted by Crippen LogP contribution is 2.38. The molecule has 2 aromatic carbocycles. The van der Waals surface area contributed by atoms with E-state index in [0.29, 0.717) is 12.0 Å². The van der Waals surface area contributed by atoms with Crippen LogP contribution < -0.4 is 4.74 Å². The molecule has 0 heterocycles. The highest BCUT2D eigenvalue weighted by atomic mass is 32.1. The third-order valence-electron chi connectivity index (χ3n) is 3.57. The van der Waals surface area contributed by atoms with E-state index < -0.39 is 5.97 Å². The van der Waals surface area contributed by atoms with Crippen molar-refractivity contribution in [2.45, 2.75) is 44.6 Å². The summed E-state index contributed by atoms with van der Waals surface area (Å²) < 4.78 is 10.8. The fourth-order valence-electron chi connectivity index (χ4n) is 2.53. The zero-order chi connectivity index (χ0) is 18.6. The van der Waals surface area contributed by atoms with Gasteiger partial charge in [0, 0.05) is 10.5 Å². The molecular weight excluding hydrogens is 332 g/mol. The summed E-state index contributed by atoms with van der Waals surface area (Å²) in [6.45, 7) is 7.96. The van der Waals surface area contributed by atoms with Crippen LogP contribution in [-0.4, -0.2) is 11.6 Å². The maximum absolute atomic E-state index is 12.0. The SMILES string of the molecule is C#COC(=O)c1ccc(-c2cccc(S)c2OC(C)(C)C)cc1CC. The van der Waals surface area contributed by atoms with E-state index in [1.165, 1.54) is 0 Å². The van der Waals surface area contributed by atoms with Gasteiger partial charge >= 0.3 is 5.97 Å². The maximum Gasteiger partial charge on any atom is 0.352 e. The zero-order valence-corrected chi connectivity index (χ0v) is 15.8. The number of terminal acetylenes is 1. The highest BCUT2D eigenvalue weighted by Gasteiger charge is 2.19. The molecule has 0 radical (unpaired) electrons. The number of aryl methyl sites for hydroxylation is 1. The Morgan fingerprint density at radius 2 is 1.96 bits per heavy atom. The lowest BCUT2D eigenvalue weighted by Gasteiger charge is -2.24. The van der Waals surface area contributed by atoms with Gasteiger partial charge in [0.05, 0.1) is 5.56 Å². The Kier molecular flexibility index (Phi) is 5.81. The Labute approximate surface area is 154 Å². The molecule has 0 saturated heterocycles. The molecular formula is C21H22O3S. The molecule has 0 bridgehead atoms. The van der Waals surface area contributed by atoms with Crippen molar-refractivity contribution in [3.05, 3.63) is 47.5 Å². The number of para-hydroxylation sites is 1. The van der Waals surface area contributed by atoms with Gasteiger partial charge in [0.2, 0.25) is 0 Å². The predicted octanol–water partition coefficient (Wildman–Crippen LogP) is 5.13. The highest BCUT2D eigenvalue weighted by molar-refractivity contribution is 7.80. The van der Waals surface area contributed by atoms with Crippen LogP contribution in [0.4, 0.5) is 0 Å². The van der Waals surface area contributed by atoms with E-state index in [2.05, 4.69) is 17.4 Å². The number of benzene rings is 2. The Morgan fingerprint density at radius 1 is 1.24 bits per heavy atom. The van der Waals surface area contributed by atoms with Crippen molar-refractivity contribution in [1.82, 2.24) is 0 Å². The van der Waals surface area contributed by atoms with Crippen LogP contribution in [-0.2, 0) is 11.2 Å². The van der Waals surface area contributed by atoms with Crippen LogP contribution in [0.25, 0.3) is 11.1 Å². The summed E-state index contributed by atoms with van der Waals surface area (Å²) in [5.41, 5.74) is 2.87. The lowest BCUT2D eigenvalue weighted by Crippen LogP contribution is -2.23. The van der Waals surface area contributed by atoms with Crippen LogP contribution in [0.2, 0.25) is 0 Å². The summed E-state index contributed by atoms with van der Waals surface area (Å²) in [5, 5.41) is 0. The summed E-state index contributed by atoms with van der Waals surface area (Å²) >= 11 is 4.54. The molecule has 0 N–H and O–H groups in total. The second-order valence-electron chi connectivity index (χ2n) is 6.60. The first-order valence-corrected chi connectivity index (χ1v) is 8.52. The van der Waals surface area contributed by atoms with Gasteiger partial charge in [-0.05, 0) is 50.5 Å². The second kappa shape index (κ2) is 7.67. The number of carbonyl (C=O) groups excluding carboxylic acids is 1. The Balaban J connectivity index is 2.55. The van der Waals surface area contributed by atoms with Crippen molar-refractivity contribution in [2.75, 3.05) is 0 Å². The molecule has 4 heteroatoms. The largest absolute Gasteiger partial charge is 0.486 e. The fourth-order valence-corrected chi connectivity index (χ4v) is 2.78. The van der Waals surface area contributed by atoms with Gasteiger partial charge in [0.15, 0.2) is 0 Å². The van der Waals surface area contributed by atoms with Gasteiger partial charge in [-0.2, -0.15) is 0 Å². The van der Waals surface area contributed by atoms with Gasteiger partial charge in [-0.3, -0.25) is 0 Å². The topological polar surface area (TPSA) is 35.5 Å². The molecule has 0 aliphatic heterocycles. The van der Waals surface area contributed by atoms with E-state index >= 15 is 0 Å². The van der Waals surface area contributed by atoms with E-state index in [1.54, 1.807) is 6.07 Å². The molecule has 0 unspecified atom stereocenters. The second-order valence-corrected chi connectivity index (χ2v) is 7.08. The quantitative estimate of drug-likeness (QED) is 0.470. The molecule has 0 spiro atoms. The van der Waals surface area contributed by atoms with Crippen LogP contribution in [0.1, 0.15) is 43.6 Å². The molecule has 0 aliphatic carbocycles. The summed E-state index contributed by atoms with van der Waals surface area (Å²) in [6, 6.07) is 11.4. The van der Waals surface area contributed by atoms with Gasteiger partial charge in [0.25, 0.3) is 0 Å². The van der Waals surface area contributed by atoms with Crippen LogP contribution in [0.3, 0.4) is 0 Å². The smallest absolute Gasteiger partial charge is 0.352 e. The summed E-state index contributed by atoms with van der Waals surface area (Å²) in [7, 11) is 0. The van der Waals surface area contributed by atoms with Gasteiger partial charge < -0.3 is 9.47 Å². The summed E-state index contributed by atoms with van der Waals surface area (Å²) in [5.74, 6) is 0.208. The van der Waals surface area contributed by atoms with Crippen molar-refractivity contribution >= 4 is 18.6 Å². The number of esters is 1. The van der Waals surface area contributed by atoms with Crippen LogP contribution in [0, 0.1) is 12.5 Å². The summed E-state index contributed by atoms with van der Waals surface area (Å²) in [6.07, 6.45) is 7.66. The minimum absolute atomic E-state index is 0.349. The van der Waals surface area contributed by atoms with Crippen LogP contribution >= 0.6 is 12.6 Å². The molecule has 2 rings (SSSR count). The molecule has 0 aromatic heterocycles. The minimum atomic E-state index is -0.514. The van der Waals surface area contributed by atoms with E-state index in [4.69, 9.17) is 11.2 Å². The van der Waals surface area contributed by atoms with Crippen LogP contribution in [0.5, 0.6) is 5.75 Å². The molecule has 0 fully saturated rings. The monoisotopic (exact) mass is 354 g/mol. The Hall–Kier alpha value is -2.38. The predicted molar refractivity (Wildman–Crippen MR) is 103 cm³/mol.